The van der Waals surface area contributed by atoms with E-state index in [0.717, 1.165) is 55.2 Å². The van der Waals surface area contributed by atoms with Crippen molar-refractivity contribution in [1.29, 1.82) is 0 Å². The quantitative estimate of drug-likeness (QED) is 0.0472. The molecule has 8 nitrogen and oxygen atoms in total. The predicted molar refractivity (Wildman–Crippen MR) is 184 cm³/mol. The van der Waals surface area contributed by atoms with Crippen LogP contribution in [0.3, 0.4) is 0 Å². The summed E-state index contributed by atoms with van der Waals surface area (Å²) in [5.41, 5.74) is 1.56. The topological polar surface area (TPSA) is 129 Å². The molecule has 1 unspecified atom stereocenters. The van der Waals surface area contributed by atoms with E-state index in [1.54, 1.807) is 0 Å². The SMILES string of the molecule is CCCCCCCCCc1ccccc1OC(c1ccccc1CCCCCCCCC)C(CO)(COP(O)O)COP(O)O. The van der Waals surface area contributed by atoms with Gasteiger partial charge < -0.3 is 38.5 Å². The Morgan fingerprint density at radius 3 is 1.56 bits per heavy atom. The lowest BCUT2D eigenvalue weighted by atomic mass is 9.78. The molecule has 2 rings (SSSR count). The van der Waals surface area contributed by atoms with Gasteiger partial charge in [0.2, 0.25) is 0 Å². The van der Waals surface area contributed by atoms with Crippen molar-refractivity contribution in [1.82, 2.24) is 0 Å². The van der Waals surface area contributed by atoms with Gasteiger partial charge in [-0.3, -0.25) is 0 Å². The molecule has 10 heteroatoms. The fraction of sp³-hybridized carbons (Fsp3) is 0.657. The molecule has 0 fully saturated rings. The molecular formula is C35H58O8P2. The number of aryl methyl sites for hydroxylation is 2. The van der Waals surface area contributed by atoms with Crippen LogP contribution in [0.25, 0.3) is 0 Å². The first-order valence-corrected chi connectivity index (χ1v) is 19.2. The smallest absolute Gasteiger partial charge is 0.327 e. The van der Waals surface area contributed by atoms with Crippen LogP contribution >= 0.6 is 17.2 Å². The third-order valence-corrected chi connectivity index (χ3v) is 9.18. The molecule has 0 amide bonds. The first kappa shape index (κ1) is 40.0. The van der Waals surface area contributed by atoms with E-state index in [1.165, 1.54) is 64.2 Å². The van der Waals surface area contributed by atoms with E-state index >= 15 is 0 Å². The number of hydrogen-bond acceptors (Lipinski definition) is 8. The van der Waals surface area contributed by atoms with Crippen molar-refractivity contribution in [2.75, 3.05) is 19.8 Å². The maximum Gasteiger partial charge on any atom is 0.327 e. The van der Waals surface area contributed by atoms with Crippen LogP contribution in [0.4, 0.5) is 0 Å². The van der Waals surface area contributed by atoms with Gasteiger partial charge in [-0.1, -0.05) is 133 Å². The normalized spacial score (nSPS) is 12.7. The molecule has 0 aliphatic carbocycles. The number of hydrogen-bond donors (Lipinski definition) is 5. The number of para-hydroxylation sites is 1. The molecule has 0 heterocycles. The van der Waals surface area contributed by atoms with E-state index < -0.39 is 35.3 Å². The van der Waals surface area contributed by atoms with Crippen LogP contribution in [0.5, 0.6) is 5.75 Å². The molecule has 0 aliphatic heterocycles. The van der Waals surface area contributed by atoms with E-state index in [2.05, 4.69) is 26.0 Å². The highest BCUT2D eigenvalue weighted by atomic mass is 31.2. The van der Waals surface area contributed by atoms with Crippen LogP contribution in [0.2, 0.25) is 0 Å². The number of unbranched alkanes of at least 4 members (excludes halogenated alkanes) is 12. The second kappa shape index (κ2) is 24.0. The number of benzene rings is 2. The zero-order chi connectivity index (χ0) is 32.8. The number of ether oxygens (including phenoxy) is 1. The fourth-order valence-electron chi connectivity index (χ4n) is 5.77. The average molecular weight is 669 g/mol. The Morgan fingerprint density at radius 1 is 0.600 bits per heavy atom. The predicted octanol–water partition coefficient (Wildman–Crippen LogP) is 8.83. The zero-order valence-corrected chi connectivity index (χ0v) is 29.3. The summed E-state index contributed by atoms with van der Waals surface area (Å²) in [4.78, 5) is 38.7. The number of rotatable bonds is 27. The first-order valence-electron chi connectivity index (χ1n) is 16.9. The van der Waals surface area contributed by atoms with Gasteiger partial charge in [-0.2, -0.15) is 0 Å². The van der Waals surface area contributed by atoms with Crippen molar-refractivity contribution in [3.63, 3.8) is 0 Å². The second-order valence-electron chi connectivity index (χ2n) is 12.1. The van der Waals surface area contributed by atoms with Crippen molar-refractivity contribution in [2.45, 2.75) is 123 Å². The minimum atomic E-state index is -2.74. The molecule has 0 radical (unpaired) electrons. The molecule has 45 heavy (non-hydrogen) atoms. The minimum absolute atomic E-state index is 0.332. The van der Waals surface area contributed by atoms with Crippen LogP contribution in [0.1, 0.15) is 127 Å². The molecule has 256 valence electrons. The summed E-state index contributed by atoms with van der Waals surface area (Å²) in [6.45, 7) is 3.26. The van der Waals surface area contributed by atoms with Gasteiger partial charge >= 0.3 is 17.2 Å². The van der Waals surface area contributed by atoms with Gasteiger partial charge in [0.15, 0.2) is 0 Å². The highest BCUT2D eigenvalue weighted by molar-refractivity contribution is 7.39. The van der Waals surface area contributed by atoms with Crippen molar-refractivity contribution in [2.24, 2.45) is 5.41 Å². The van der Waals surface area contributed by atoms with E-state index in [9.17, 15) is 24.7 Å². The molecule has 0 saturated carbocycles. The highest BCUT2D eigenvalue weighted by Gasteiger charge is 2.44. The summed E-state index contributed by atoms with van der Waals surface area (Å²) in [6.07, 6.45) is 17.5. The summed E-state index contributed by atoms with van der Waals surface area (Å²) >= 11 is 0. The second-order valence-corrected chi connectivity index (χ2v) is 13.6. The first-order chi connectivity index (χ1) is 21.9. The minimum Gasteiger partial charge on any atom is -0.485 e. The Bertz CT molecular complexity index is 1010. The Balaban J connectivity index is 2.39. The molecule has 0 bridgehead atoms. The number of aliphatic hydroxyl groups excluding tert-OH is 1. The van der Waals surface area contributed by atoms with Crippen molar-refractivity contribution < 1.29 is 38.5 Å². The Hall–Kier alpha value is -1.18. The maximum absolute atomic E-state index is 10.9. The van der Waals surface area contributed by atoms with Crippen LogP contribution in [-0.2, 0) is 21.9 Å². The Morgan fingerprint density at radius 2 is 1.04 bits per heavy atom. The van der Waals surface area contributed by atoms with Gasteiger partial charge in [0.1, 0.15) is 11.9 Å². The summed E-state index contributed by atoms with van der Waals surface area (Å²) in [5.74, 6) is 0.669. The summed E-state index contributed by atoms with van der Waals surface area (Å²) in [6, 6.07) is 15.8. The van der Waals surface area contributed by atoms with Gasteiger partial charge in [-0.25, -0.2) is 0 Å². The molecule has 0 spiro atoms. The molecule has 0 saturated heterocycles. The summed E-state index contributed by atoms with van der Waals surface area (Å²) in [5, 5.41) is 10.9. The van der Waals surface area contributed by atoms with Gasteiger partial charge in [-0.05, 0) is 48.4 Å². The van der Waals surface area contributed by atoms with Crippen LogP contribution < -0.4 is 4.74 Å². The summed E-state index contributed by atoms with van der Waals surface area (Å²) < 4.78 is 17.5. The largest absolute Gasteiger partial charge is 0.485 e. The fourth-order valence-corrected chi connectivity index (χ4v) is 6.52. The maximum atomic E-state index is 10.9. The van der Waals surface area contributed by atoms with Gasteiger partial charge in [0.05, 0.1) is 25.2 Å². The average Bonchev–Trinajstić information content (AvgIpc) is 3.04. The third kappa shape index (κ3) is 15.5. The van der Waals surface area contributed by atoms with Gasteiger partial charge in [-0.15, -0.1) is 0 Å². The highest BCUT2D eigenvalue weighted by Crippen LogP contribution is 2.45. The molecular weight excluding hydrogens is 610 g/mol. The van der Waals surface area contributed by atoms with E-state index in [4.69, 9.17) is 13.8 Å². The molecule has 5 N–H and O–H groups in total. The van der Waals surface area contributed by atoms with E-state index in [0.29, 0.717) is 5.75 Å². The van der Waals surface area contributed by atoms with Crippen LogP contribution in [0.15, 0.2) is 48.5 Å². The van der Waals surface area contributed by atoms with E-state index in [1.807, 2.05) is 36.4 Å². The van der Waals surface area contributed by atoms with Crippen molar-refractivity contribution >= 4 is 17.2 Å². The zero-order valence-electron chi connectivity index (χ0n) is 27.5. The van der Waals surface area contributed by atoms with E-state index in [-0.39, 0.29) is 13.2 Å². The molecule has 0 aliphatic rings. The van der Waals surface area contributed by atoms with Crippen LogP contribution in [0, 0.1) is 5.41 Å². The number of aliphatic hydroxyl groups is 1. The molecule has 1 atom stereocenters. The lowest BCUT2D eigenvalue weighted by molar-refractivity contribution is -0.0659. The lowest BCUT2D eigenvalue weighted by Gasteiger charge is -2.40. The van der Waals surface area contributed by atoms with Gasteiger partial charge in [0.25, 0.3) is 0 Å². The molecule has 2 aromatic carbocycles. The standard InChI is InChI=1S/C35H58O8P2/c1-3-5-7-9-11-13-15-21-30-22-17-19-25-32(30)34(35(27-36,28-41-44(37)38)29-42-45(39)40)43-33-26-20-18-24-31(33)23-16-14-12-10-8-6-4-2/h17-20,22,24-26,34,36-40H,3-16,21,23,27-29H2,1-2H3. The van der Waals surface area contributed by atoms with Crippen molar-refractivity contribution in [3.05, 3.63) is 65.2 Å². The monoisotopic (exact) mass is 668 g/mol. The Labute approximate surface area is 274 Å². The van der Waals surface area contributed by atoms with Crippen molar-refractivity contribution in [3.8, 4) is 5.75 Å². The molecule has 0 aromatic heterocycles. The lowest BCUT2D eigenvalue weighted by Crippen LogP contribution is -2.44. The molecule has 2 aromatic rings. The van der Waals surface area contributed by atoms with Crippen LogP contribution in [-0.4, -0.2) is 44.5 Å². The van der Waals surface area contributed by atoms with Gasteiger partial charge in [0, 0.05) is 0 Å². The Kier molecular flexibility index (Phi) is 21.4. The summed E-state index contributed by atoms with van der Waals surface area (Å²) in [7, 11) is -5.48. The third-order valence-electron chi connectivity index (χ3n) is 8.46.